The molecular formula is C14H18Cl2N3O2S+. The number of nitriles is 1. The van der Waals surface area contributed by atoms with E-state index in [1.54, 1.807) is 0 Å². The van der Waals surface area contributed by atoms with E-state index >= 15 is 0 Å². The number of quaternary nitrogens is 1. The summed E-state index contributed by atoms with van der Waals surface area (Å²) in [6.07, 6.45) is 1.40. The van der Waals surface area contributed by atoms with Gasteiger partial charge in [-0.25, -0.2) is 8.42 Å². The topological polar surface area (TPSA) is 65.6 Å². The number of sulfonamides is 1. The van der Waals surface area contributed by atoms with Gasteiger partial charge in [-0.15, -0.1) is 0 Å². The molecule has 1 aliphatic rings. The van der Waals surface area contributed by atoms with E-state index in [0.29, 0.717) is 24.5 Å². The smallest absolute Gasteiger partial charge is 0.243 e. The highest BCUT2D eigenvalue weighted by Gasteiger charge is 2.30. The molecule has 1 fully saturated rings. The zero-order valence-electron chi connectivity index (χ0n) is 12.1. The normalized spacial score (nSPS) is 17.3. The summed E-state index contributed by atoms with van der Waals surface area (Å²) in [4.78, 5) is 1.52. The highest BCUT2D eigenvalue weighted by Crippen LogP contribution is 2.26. The Morgan fingerprint density at radius 2 is 1.91 bits per heavy atom. The van der Waals surface area contributed by atoms with Crippen LogP contribution in [0.25, 0.3) is 0 Å². The molecule has 1 saturated heterocycles. The monoisotopic (exact) mass is 362 g/mol. The summed E-state index contributed by atoms with van der Waals surface area (Å²) >= 11 is 11.7. The van der Waals surface area contributed by atoms with Crippen molar-refractivity contribution in [1.82, 2.24) is 4.31 Å². The Kier molecular flexibility index (Phi) is 6.07. The molecule has 0 bridgehead atoms. The molecule has 0 aromatic heterocycles. The molecule has 0 aliphatic carbocycles. The van der Waals surface area contributed by atoms with Gasteiger partial charge < -0.3 is 4.90 Å². The summed E-state index contributed by atoms with van der Waals surface area (Å²) in [6, 6.07) is 6.50. The summed E-state index contributed by atoms with van der Waals surface area (Å²) < 4.78 is 26.7. The van der Waals surface area contributed by atoms with Crippen LogP contribution in [0.5, 0.6) is 0 Å². The van der Waals surface area contributed by atoms with Gasteiger partial charge in [-0.3, -0.25) is 0 Å². The predicted molar refractivity (Wildman–Crippen MR) is 85.6 cm³/mol. The minimum atomic E-state index is -3.53. The minimum Gasteiger partial charge on any atom is -0.333 e. The van der Waals surface area contributed by atoms with Crippen molar-refractivity contribution in [3.63, 3.8) is 0 Å². The first-order chi connectivity index (χ1) is 10.4. The number of piperazine rings is 1. The molecule has 1 aliphatic heterocycles. The first-order valence-corrected chi connectivity index (χ1v) is 9.30. The molecule has 0 atom stereocenters. The molecule has 1 heterocycles. The van der Waals surface area contributed by atoms with Crippen LogP contribution < -0.4 is 4.90 Å². The molecule has 0 amide bonds. The third-order valence-electron chi connectivity index (χ3n) is 3.78. The standard InChI is InChI=1S/C14H17Cl2N3O2S/c15-13-4-3-12(11-14(13)16)22(20,21)19-9-7-18(8-10-19)6-2-1-5-17/h3-4,11H,1-2,6-10H2/p+1. The second-order valence-electron chi connectivity index (χ2n) is 5.24. The van der Waals surface area contributed by atoms with Crippen molar-refractivity contribution in [3.8, 4) is 6.07 Å². The fourth-order valence-electron chi connectivity index (χ4n) is 2.50. The first-order valence-electron chi connectivity index (χ1n) is 7.11. The molecule has 2 rings (SSSR count). The minimum absolute atomic E-state index is 0.176. The third kappa shape index (κ3) is 4.12. The molecule has 1 aromatic rings. The highest BCUT2D eigenvalue weighted by molar-refractivity contribution is 7.89. The van der Waals surface area contributed by atoms with Gasteiger partial charge in [0, 0.05) is 12.8 Å². The molecule has 0 saturated carbocycles. The maximum absolute atomic E-state index is 12.6. The van der Waals surface area contributed by atoms with E-state index in [9.17, 15) is 8.42 Å². The quantitative estimate of drug-likeness (QED) is 0.800. The van der Waals surface area contributed by atoms with Crippen molar-refractivity contribution in [1.29, 1.82) is 5.26 Å². The lowest BCUT2D eigenvalue weighted by atomic mass is 10.3. The van der Waals surface area contributed by atoms with Crippen molar-refractivity contribution in [3.05, 3.63) is 28.2 Å². The molecule has 1 aromatic carbocycles. The molecule has 8 heteroatoms. The Hall–Kier alpha value is -0.840. The van der Waals surface area contributed by atoms with Crippen LogP contribution >= 0.6 is 23.2 Å². The molecule has 0 unspecified atom stereocenters. The maximum atomic E-state index is 12.6. The predicted octanol–water partition coefficient (Wildman–Crippen LogP) is 1.19. The summed E-state index contributed by atoms with van der Waals surface area (Å²) in [5.74, 6) is 0. The first kappa shape index (κ1) is 17.5. The van der Waals surface area contributed by atoms with Crippen molar-refractivity contribution in [2.24, 2.45) is 0 Å². The van der Waals surface area contributed by atoms with E-state index in [0.717, 1.165) is 26.1 Å². The van der Waals surface area contributed by atoms with Gasteiger partial charge in [0.1, 0.15) is 0 Å². The van der Waals surface area contributed by atoms with Gasteiger partial charge >= 0.3 is 0 Å². The Morgan fingerprint density at radius 3 is 2.50 bits per heavy atom. The Bertz CT molecular complexity index is 665. The van der Waals surface area contributed by atoms with Gasteiger partial charge in [0.15, 0.2) is 0 Å². The Labute approximate surface area is 141 Å². The SMILES string of the molecule is N#CCCC[NH+]1CCN(S(=O)(=O)c2ccc(Cl)c(Cl)c2)CC1. The third-order valence-corrected chi connectivity index (χ3v) is 6.41. The van der Waals surface area contributed by atoms with Crippen LogP contribution in [0.1, 0.15) is 12.8 Å². The van der Waals surface area contributed by atoms with Crippen LogP contribution in [0.4, 0.5) is 0 Å². The number of hydrogen-bond donors (Lipinski definition) is 1. The van der Waals surface area contributed by atoms with Gasteiger partial charge in [-0.2, -0.15) is 9.57 Å². The number of benzene rings is 1. The largest absolute Gasteiger partial charge is 0.333 e. The fraction of sp³-hybridized carbons (Fsp3) is 0.500. The van der Waals surface area contributed by atoms with Crippen molar-refractivity contribution in [2.75, 3.05) is 32.7 Å². The highest BCUT2D eigenvalue weighted by atomic mass is 35.5. The van der Waals surface area contributed by atoms with Crippen LogP contribution in [0, 0.1) is 11.3 Å². The number of rotatable bonds is 5. The Morgan fingerprint density at radius 1 is 1.23 bits per heavy atom. The lowest BCUT2D eigenvalue weighted by Crippen LogP contribution is -3.14. The average Bonchev–Trinajstić information content (AvgIpc) is 2.51. The van der Waals surface area contributed by atoms with E-state index < -0.39 is 10.0 Å². The van der Waals surface area contributed by atoms with Gasteiger partial charge in [0.25, 0.3) is 0 Å². The lowest BCUT2D eigenvalue weighted by Gasteiger charge is -2.31. The number of halogens is 2. The van der Waals surface area contributed by atoms with Gasteiger partial charge in [-0.1, -0.05) is 23.2 Å². The molecule has 1 N–H and O–H groups in total. The van der Waals surface area contributed by atoms with E-state index in [4.69, 9.17) is 28.5 Å². The summed E-state index contributed by atoms with van der Waals surface area (Å²) in [5, 5.41) is 9.12. The fourth-order valence-corrected chi connectivity index (χ4v) is 4.33. The van der Waals surface area contributed by atoms with E-state index in [2.05, 4.69) is 6.07 Å². The van der Waals surface area contributed by atoms with Crippen LogP contribution in [0.15, 0.2) is 23.1 Å². The van der Waals surface area contributed by atoms with Crippen LogP contribution in [0.3, 0.4) is 0 Å². The van der Waals surface area contributed by atoms with Crippen molar-refractivity contribution < 1.29 is 13.3 Å². The molecular weight excluding hydrogens is 345 g/mol. The maximum Gasteiger partial charge on any atom is 0.243 e. The van der Waals surface area contributed by atoms with E-state index in [1.807, 2.05) is 0 Å². The average molecular weight is 363 g/mol. The zero-order valence-corrected chi connectivity index (χ0v) is 14.4. The second kappa shape index (κ2) is 7.62. The second-order valence-corrected chi connectivity index (χ2v) is 7.99. The molecule has 5 nitrogen and oxygen atoms in total. The van der Waals surface area contributed by atoms with Gasteiger partial charge in [0.05, 0.1) is 53.7 Å². The summed E-state index contributed by atoms with van der Waals surface area (Å²) in [5.41, 5.74) is 0. The van der Waals surface area contributed by atoms with Crippen molar-refractivity contribution in [2.45, 2.75) is 17.7 Å². The van der Waals surface area contributed by atoms with Crippen molar-refractivity contribution >= 4 is 33.2 Å². The van der Waals surface area contributed by atoms with Crippen LogP contribution in [-0.4, -0.2) is 45.4 Å². The molecule has 120 valence electrons. The van der Waals surface area contributed by atoms with E-state index in [1.165, 1.54) is 27.4 Å². The van der Waals surface area contributed by atoms with Crippen LogP contribution in [-0.2, 0) is 10.0 Å². The molecule has 22 heavy (non-hydrogen) atoms. The number of hydrogen-bond acceptors (Lipinski definition) is 3. The lowest BCUT2D eigenvalue weighted by molar-refractivity contribution is -0.903. The van der Waals surface area contributed by atoms with Gasteiger partial charge in [0.2, 0.25) is 10.0 Å². The number of unbranched alkanes of at least 4 members (excludes halogenated alkanes) is 1. The number of nitrogens with one attached hydrogen (secondary N) is 1. The molecule has 0 radical (unpaired) electrons. The summed E-state index contributed by atoms with van der Waals surface area (Å²) in [7, 11) is -3.53. The van der Waals surface area contributed by atoms with E-state index in [-0.39, 0.29) is 9.92 Å². The number of nitrogens with zero attached hydrogens (tertiary/aromatic N) is 2. The zero-order chi connectivity index (χ0) is 16.2. The van der Waals surface area contributed by atoms with Gasteiger partial charge in [-0.05, 0) is 18.2 Å². The Balaban J connectivity index is 2.00. The molecule has 0 spiro atoms. The van der Waals surface area contributed by atoms with Crippen LogP contribution in [0.2, 0.25) is 10.0 Å². The summed E-state index contributed by atoms with van der Waals surface area (Å²) in [6.45, 7) is 3.38.